The van der Waals surface area contributed by atoms with Gasteiger partial charge in [-0.05, 0) is 57.2 Å². The largest absolute Gasteiger partial charge is 0.478 e. The number of benzene rings is 2. The van der Waals surface area contributed by atoms with Gasteiger partial charge in [0.25, 0.3) is 5.91 Å². The standard InChI is InChI=1S/C23H26ClN3O4/c1-15-13-20(28)25-18-7-5-6-8-19(18)27(15)21(29)14-26(4)22(30)23(2,3)31-17-11-9-16(24)10-12-17/h5-12,15H,13-14H2,1-4H3,(H,25,28). The number of rotatable bonds is 5. The van der Waals surface area contributed by atoms with Crippen LogP contribution in [0.1, 0.15) is 27.2 Å². The second-order valence-corrected chi connectivity index (χ2v) is 8.55. The van der Waals surface area contributed by atoms with Crippen molar-refractivity contribution in [3.63, 3.8) is 0 Å². The van der Waals surface area contributed by atoms with Crippen molar-refractivity contribution in [3.05, 3.63) is 53.6 Å². The lowest BCUT2D eigenvalue weighted by atomic mass is 10.1. The molecule has 8 heteroatoms. The van der Waals surface area contributed by atoms with Gasteiger partial charge in [-0.25, -0.2) is 0 Å². The van der Waals surface area contributed by atoms with Crippen LogP contribution in [0.2, 0.25) is 5.02 Å². The van der Waals surface area contributed by atoms with Crippen LogP contribution in [0.4, 0.5) is 11.4 Å². The van der Waals surface area contributed by atoms with E-state index in [2.05, 4.69) is 5.32 Å². The van der Waals surface area contributed by atoms with Gasteiger partial charge in [-0.15, -0.1) is 0 Å². The number of amides is 3. The normalized spacial score (nSPS) is 16.1. The number of nitrogens with one attached hydrogen (secondary N) is 1. The molecule has 1 aliphatic heterocycles. The summed E-state index contributed by atoms with van der Waals surface area (Å²) in [6.07, 6.45) is 0.170. The molecule has 3 amide bonds. The van der Waals surface area contributed by atoms with E-state index < -0.39 is 5.60 Å². The fourth-order valence-corrected chi connectivity index (χ4v) is 3.75. The minimum absolute atomic E-state index is 0.154. The molecule has 1 N–H and O–H groups in total. The van der Waals surface area contributed by atoms with E-state index in [1.807, 2.05) is 6.92 Å². The SMILES string of the molecule is CC1CC(=O)Nc2ccccc2N1C(=O)CN(C)C(=O)C(C)(C)Oc1ccc(Cl)cc1. The molecule has 0 saturated carbocycles. The Bertz CT molecular complexity index is 991. The Morgan fingerprint density at radius 3 is 2.52 bits per heavy atom. The Morgan fingerprint density at radius 2 is 1.84 bits per heavy atom. The summed E-state index contributed by atoms with van der Waals surface area (Å²) >= 11 is 5.90. The monoisotopic (exact) mass is 443 g/mol. The first-order chi connectivity index (χ1) is 14.6. The van der Waals surface area contributed by atoms with Gasteiger partial charge in [0.1, 0.15) is 5.75 Å². The van der Waals surface area contributed by atoms with Crippen LogP contribution in [-0.2, 0) is 14.4 Å². The molecule has 2 aromatic rings. The van der Waals surface area contributed by atoms with E-state index in [1.165, 1.54) is 4.90 Å². The number of para-hydroxylation sites is 2. The molecular weight excluding hydrogens is 418 g/mol. The maximum Gasteiger partial charge on any atom is 0.266 e. The van der Waals surface area contributed by atoms with E-state index >= 15 is 0 Å². The van der Waals surface area contributed by atoms with Gasteiger partial charge in [0.2, 0.25) is 11.8 Å². The van der Waals surface area contributed by atoms with Crippen LogP contribution < -0.4 is 15.0 Å². The van der Waals surface area contributed by atoms with E-state index in [9.17, 15) is 14.4 Å². The maximum absolute atomic E-state index is 13.2. The van der Waals surface area contributed by atoms with Gasteiger partial charge in [0, 0.05) is 24.5 Å². The summed E-state index contributed by atoms with van der Waals surface area (Å²) in [4.78, 5) is 41.3. The Kier molecular flexibility index (Phi) is 6.55. The highest BCUT2D eigenvalue weighted by molar-refractivity contribution is 6.30. The van der Waals surface area contributed by atoms with Crippen LogP contribution in [0, 0.1) is 0 Å². The predicted octanol–water partition coefficient (Wildman–Crippen LogP) is 3.72. The molecule has 1 unspecified atom stereocenters. The van der Waals surface area contributed by atoms with Crippen molar-refractivity contribution in [2.24, 2.45) is 0 Å². The van der Waals surface area contributed by atoms with Crippen molar-refractivity contribution in [2.45, 2.75) is 38.8 Å². The molecule has 0 aliphatic carbocycles. The lowest BCUT2D eigenvalue weighted by molar-refractivity contribution is -0.146. The van der Waals surface area contributed by atoms with Gasteiger partial charge >= 0.3 is 0 Å². The first-order valence-electron chi connectivity index (χ1n) is 9.99. The summed E-state index contributed by atoms with van der Waals surface area (Å²) in [6, 6.07) is 13.5. The highest BCUT2D eigenvalue weighted by atomic mass is 35.5. The van der Waals surface area contributed by atoms with E-state index in [4.69, 9.17) is 16.3 Å². The van der Waals surface area contributed by atoms with Gasteiger partial charge in [-0.2, -0.15) is 0 Å². The quantitative estimate of drug-likeness (QED) is 0.763. The number of likely N-dealkylation sites (N-methyl/N-ethyl adjacent to an activating group) is 1. The number of fused-ring (bicyclic) bond motifs is 1. The first-order valence-corrected chi connectivity index (χ1v) is 10.4. The molecule has 0 bridgehead atoms. The number of halogens is 1. The molecule has 0 spiro atoms. The molecule has 31 heavy (non-hydrogen) atoms. The molecule has 7 nitrogen and oxygen atoms in total. The van der Waals surface area contributed by atoms with Gasteiger partial charge < -0.3 is 19.9 Å². The average Bonchev–Trinajstić information content (AvgIpc) is 2.82. The van der Waals surface area contributed by atoms with Gasteiger partial charge in [0.15, 0.2) is 5.60 Å². The molecule has 1 aliphatic rings. The first kappa shape index (κ1) is 22.6. The van der Waals surface area contributed by atoms with E-state index in [0.29, 0.717) is 22.1 Å². The van der Waals surface area contributed by atoms with Crippen molar-refractivity contribution < 1.29 is 19.1 Å². The third-order valence-corrected chi connectivity index (χ3v) is 5.30. The molecule has 1 heterocycles. The highest BCUT2D eigenvalue weighted by Gasteiger charge is 2.36. The van der Waals surface area contributed by atoms with Crippen LogP contribution in [0.3, 0.4) is 0 Å². The smallest absolute Gasteiger partial charge is 0.266 e. The zero-order valence-corrected chi connectivity index (χ0v) is 18.8. The number of ether oxygens (including phenoxy) is 1. The summed E-state index contributed by atoms with van der Waals surface area (Å²) in [7, 11) is 1.56. The third-order valence-electron chi connectivity index (χ3n) is 5.05. The second kappa shape index (κ2) is 8.98. The van der Waals surface area contributed by atoms with Crippen LogP contribution >= 0.6 is 11.6 Å². The van der Waals surface area contributed by atoms with E-state index in [0.717, 1.165) is 0 Å². The van der Waals surface area contributed by atoms with Crippen LogP contribution in [-0.4, -0.2) is 47.9 Å². The summed E-state index contributed by atoms with van der Waals surface area (Å²) in [5, 5.41) is 3.39. The Hall–Kier alpha value is -3.06. The molecule has 1 atom stereocenters. The molecule has 0 aromatic heterocycles. The van der Waals surface area contributed by atoms with Crippen molar-refractivity contribution in [1.82, 2.24) is 4.90 Å². The number of nitrogens with zero attached hydrogens (tertiary/aromatic N) is 2. The summed E-state index contributed by atoms with van der Waals surface area (Å²) in [6.45, 7) is 4.96. The highest BCUT2D eigenvalue weighted by Crippen LogP contribution is 2.31. The molecule has 2 aromatic carbocycles. The number of hydrogen-bond acceptors (Lipinski definition) is 4. The fourth-order valence-electron chi connectivity index (χ4n) is 3.62. The van der Waals surface area contributed by atoms with Gasteiger partial charge in [-0.1, -0.05) is 23.7 Å². The lowest BCUT2D eigenvalue weighted by Crippen LogP contribution is -2.51. The number of hydrogen-bond donors (Lipinski definition) is 1. The minimum Gasteiger partial charge on any atom is -0.478 e. The van der Waals surface area contributed by atoms with Crippen molar-refractivity contribution >= 4 is 40.7 Å². The third kappa shape index (κ3) is 5.17. The van der Waals surface area contributed by atoms with Crippen molar-refractivity contribution in [1.29, 1.82) is 0 Å². The number of carbonyl (C=O) groups is 3. The average molecular weight is 444 g/mol. The molecule has 0 radical (unpaired) electrons. The fraction of sp³-hybridized carbons (Fsp3) is 0.348. The Labute approximate surface area is 186 Å². The maximum atomic E-state index is 13.2. The van der Waals surface area contributed by atoms with E-state index in [1.54, 1.807) is 74.3 Å². The molecule has 0 fully saturated rings. The molecule has 164 valence electrons. The zero-order valence-electron chi connectivity index (χ0n) is 18.0. The van der Waals surface area contributed by atoms with Crippen molar-refractivity contribution in [3.8, 4) is 5.75 Å². The van der Waals surface area contributed by atoms with Crippen LogP contribution in [0.15, 0.2) is 48.5 Å². The van der Waals surface area contributed by atoms with E-state index in [-0.39, 0.29) is 36.7 Å². The summed E-state index contributed by atoms with van der Waals surface area (Å²) < 4.78 is 5.85. The topological polar surface area (TPSA) is 79.0 Å². The summed E-state index contributed by atoms with van der Waals surface area (Å²) in [5.41, 5.74) is -0.00293. The molecule has 3 rings (SSSR count). The molecule has 0 saturated heterocycles. The second-order valence-electron chi connectivity index (χ2n) is 8.11. The predicted molar refractivity (Wildman–Crippen MR) is 120 cm³/mol. The van der Waals surface area contributed by atoms with Crippen LogP contribution in [0.5, 0.6) is 5.75 Å². The molecular formula is C23H26ClN3O4. The van der Waals surface area contributed by atoms with Crippen LogP contribution in [0.25, 0.3) is 0 Å². The van der Waals surface area contributed by atoms with Gasteiger partial charge in [-0.3, -0.25) is 14.4 Å². The Balaban J connectivity index is 1.75. The van der Waals surface area contributed by atoms with Crippen molar-refractivity contribution in [2.75, 3.05) is 23.8 Å². The van der Waals surface area contributed by atoms with Gasteiger partial charge in [0.05, 0.1) is 17.9 Å². The zero-order chi connectivity index (χ0) is 22.8. The number of anilines is 2. The lowest BCUT2D eigenvalue weighted by Gasteiger charge is -2.33. The number of carbonyl (C=O) groups excluding carboxylic acids is 3. The Morgan fingerprint density at radius 1 is 1.19 bits per heavy atom. The summed E-state index contributed by atoms with van der Waals surface area (Å²) in [5.74, 6) is -0.283. The minimum atomic E-state index is -1.19.